The molecule has 0 radical (unpaired) electrons. The van der Waals surface area contributed by atoms with Gasteiger partial charge in [0.1, 0.15) is 5.82 Å². The maximum atomic E-state index is 13.2. The minimum atomic E-state index is -1.04. The van der Waals surface area contributed by atoms with E-state index in [2.05, 4.69) is 0 Å². The minimum Gasteiger partial charge on any atom is -0.478 e. The molecule has 1 aromatic heterocycles. The fourth-order valence-electron chi connectivity index (χ4n) is 2.43. The van der Waals surface area contributed by atoms with Gasteiger partial charge in [-0.1, -0.05) is 18.2 Å². The van der Waals surface area contributed by atoms with Crippen molar-refractivity contribution in [1.82, 2.24) is 4.57 Å². The third-order valence-corrected chi connectivity index (χ3v) is 3.53. The summed E-state index contributed by atoms with van der Waals surface area (Å²) >= 11 is 0. The molecule has 0 saturated heterocycles. The predicted molar refractivity (Wildman–Crippen MR) is 80.7 cm³/mol. The Morgan fingerprint density at radius 2 is 1.91 bits per heavy atom. The third-order valence-electron chi connectivity index (χ3n) is 3.53. The molecule has 0 aliphatic carbocycles. The average Bonchev–Trinajstić information content (AvgIpc) is 2.50. The van der Waals surface area contributed by atoms with Crippen LogP contribution in [-0.4, -0.2) is 15.6 Å². The highest BCUT2D eigenvalue weighted by atomic mass is 19.1. The van der Waals surface area contributed by atoms with E-state index >= 15 is 0 Å². The molecule has 2 aromatic carbocycles. The quantitative estimate of drug-likeness (QED) is 0.808. The van der Waals surface area contributed by atoms with Crippen LogP contribution in [-0.2, 0) is 6.54 Å². The summed E-state index contributed by atoms with van der Waals surface area (Å²) in [4.78, 5) is 23.6. The van der Waals surface area contributed by atoms with Gasteiger partial charge < -0.3 is 9.67 Å². The summed E-state index contributed by atoms with van der Waals surface area (Å²) in [6, 6.07) is 12.1. The third kappa shape index (κ3) is 2.48. The number of halogens is 1. The van der Waals surface area contributed by atoms with E-state index in [1.807, 2.05) is 0 Å². The summed E-state index contributed by atoms with van der Waals surface area (Å²) in [7, 11) is 0. The number of carboxylic acids is 1. The Labute approximate surface area is 125 Å². The molecule has 22 heavy (non-hydrogen) atoms. The van der Waals surface area contributed by atoms with Crippen molar-refractivity contribution < 1.29 is 14.3 Å². The van der Waals surface area contributed by atoms with Gasteiger partial charge in [0.2, 0.25) is 0 Å². The molecule has 110 valence electrons. The van der Waals surface area contributed by atoms with Crippen LogP contribution in [0, 0.1) is 5.82 Å². The van der Waals surface area contributed by atoms with Crippen molar-refractivity contribution in [3.8, 4) is 0 Å². The summed E-state index contributed by atoms with van der Waals surface area (Å²) in [6.45, 7) is 0.147. The Morgan fingerprint density at radius 1 is 1.14 bits per heavy atom. The van der Waals surface area contributed by atoms with Gasteiger partial charge in [0, 0.05) is 11.6 Å². The summed E-state index contributed by atoms with van der Waals surface area (Å²) in [5.74, 6) is -1.44. The highest BCUT2D eigenvalue weighted by Crippen LogP contribution is 2.14. The smallest absolute Gasteiger partial charge is 0.336 e. The van der Waals surface area contributed by atoms with Crippen LogP contribution in [0.4, 0.5) is 4.39 Å². The van der Waals surface area contributed by atoms with Crippen LogP contribution < -0.4 is 5.56 Å². The van der Waals surface area contributed by atoms with Crippen LogP contribution in [0.2, 0.25) is 0 Å². The maximum absolute atomic E-state index is 13.2. The lowest BCUT2D eigenvalue weighted by Crippen LogP contribution is -2.21. The zero-order valence-corrected chi connectivity index (χ0v) is 11.5. The molecule has 1 heterocycles. The van der Waals surface area contributed by atoms with Crippen LogP contribution in [0.5, 0.6) is 0 Å². The molecule has 0 bridgehead atoms. The summed E-state index contributed by atoms with van der Waals surface area (Å²) < 4.78 is 14.6. The van der Waals surface area contributed by atoms with Crippen molar-refractivity contribution in [3.63, 3.8) is 0 Å². The van der Waals surface area contributed by atoms with E-state index < -0.39 is 11.8 Å². The van der Waals surface area contributed by atoms with E-state index in [1.54, 1.807) is 30.5 Å². The first-order valence-electron chi connectivity index (χ1n) is 6.66. The molecule has 0 saturated carbocycles. The van der Waals surface area contributed by atoms with Crippen molar-refractivity contribution in [2.45, 2.75) is 6.54 Å². The molecular weight excluding hydrogens is 285 g/mol. The van der Waals surface area contributed by atoms with E-state index in [9.17, 15) is 19.1 Å². The van der Waals surface area contributed by atoms with Gasteiger partial charge in [0.05, 0.1) is 12.1 Å². The van der Waals surface area contributed by atoms with Gasteiger partial charge in [0.25, 0.3) is 5.56 Å². The number of aromatic carboxylic acids is 1. The fraction of sp³-hybridized carbons (Fsp3) is 0.0588. The Bertz CT molecular complexity index is 931. The van der Waals surface area contributed by atoms with E-state index in [0.29, 0.717) is 16.3 Å². The van der Waals surface area contributed by atoms with Gasteiger partial charge in [-0.25, -0.2) is 9.18 Å². The average molecular weight is 297 g/mol. The first kappa shape index (κ1) is 14.0. The molecule has 0 atom stereocenters. The van der Waals surface area contributed by atoms with E-state index in [-0.39, 0.29) is 17.7 Å². The molecule has 0 fully saturated rings. The van der Waals surface area contributed by atoms with Crippen LogP contribution in [0.15, 0.2) is 59.5 Å². The van der Waals surface area contributed by atoms with Gasteiger partial charge in [-0.05, 0) is 41.3 Å². The molecule has 1 N–H and O–H groups in total. The van der Waals surface area contributed by atoms with Crippen molar-refractivity contribution in [1.29, 1.82) is 0 Å². The zero-order chi connectivity index (χ0) is 15.7. The number of aromatic nitrogens is 1. The lowest BCUT2D eigenvalue weighted by molar-refractivity contribution is 0.0695. The largest absolute Gasteiger partial charge is 0.478 e. The van der Waals surface area contributed by atoms with E-state index in [1.165, 1.54) is 28.8 Å². The Balaban J connectivity index is 2.09. The number of hydrogen-bond donors (Lipinski definition) is 1. The van der Waals surface area contributed by atoms with Crippen LogP contribution in [0.3, 0.4) is 0 Å². The Kier molecular flexibility index (Phi) is 3.47. The molecule has 0 amide bonds. The van der Waals surface area contributed by atoms with Crippen molar-refractivity contribution in [2.75, 3.05) is 0 Å². The fourth-order valence-corrected chi connectivity index (χ4v) is 2.43. The predicted octanol–water partition coefficient (Wildman–Crippen LogP) is 2.89. The number of fused-ring (bicyclic) bond motifs is 1. The van der Waals surface area contributed by atoms with E-state index in [4.69, 9.17) is 0 Å². The number of benzene rings is 2. The van der Waals surface area contributed by atoms with Gasteiger partial charge in [-0.3, -0.25) is 4.79 Å². The minimum absolute atomic E-state index is 0.147. The monoisotopic (exact) mass is 297 g/mol. The standard InChI is InChI=1S/C17H12FNO3/c18-13-5-6-14-11(9-13)7-8-19(16(14)20)10-12-3-1-2-4-15(12)17(21)22/h1-9H,10H2,(H,21,22). The molecule has 5 heteroatoms. The molecule has 0 unspecified atom stereocenters. The SMILES string of the molecule is O=C(O)c1ccccc1Cn1ccc2cc(F)ccc2c1=O. The lowest BCUT2D eigenvalue weighted by atomic mass is 10.1. The molecule has 0 aliphatic heterocycles. The second-order valence-corrected chi connectivity index (χ2v) is 4.94. The van der Waals surface area contributed by atoms with Gasteiger partial charge in [-0.2, -0.15) is 0 Å². The van der Waals surface area contributed by atoms with Crippen LogP contribution >= 0.6 is 0 Å². The number of carbonyl (C=O) groups is 1. The van der Waals surface area contributed by atoms with Gasteiger partial charge >= 0.3 is 5.97 Å². The van der Waals surface area contributed by atoms with E-state index in [0.717, 1.165) is 0 Å². The second kappa shape index (κ2) is 5.44. The molecule has 4 nitrogen and oxygen atoms in total. The highest BCUT2D eigenvalue weighted by molar-refractivity contribution is 5.89. The summed E-state index contributed by atoms with van der Waals surface area (Å²) in [5.41, 5.74) is 0.421. The van der Waals surface area contributed by atoms with Crippen LogP contribution in [0.1, 0.15) is 15.9 Å². The summed E-state index contributed by atoms with van der Waals surface area (Å²) in [5, 5.41) is 10.1. The Morgan fingerprint density at radius 3 is 2.68 bits per heavy atom. The maximum Gasteiger partial charge on any atom is 0.336 e. The highest BCUT2D eigenvalue weighted by Gasteiger charge is 2.11. The number of rotatable bonds is 3. The lowest BCUT2D eigenvalue weighted by Gasteiger charge is -2.10. The topological polar surface area (TPSA) is 59.3 Å². The van der Waals surface area contributed by atoms with Crippen molar-refractivity contribution in [2.24, 2.45) is 0 Å². The normalized spacial score (nSPS) is 10.8. The molecular formula is C17H12FNO3. The number of nitrogens with zero attached hydrogens (tertiary/aromatic N) is 1. The number of hydrogen-bond acceptors (Lipinski definition) is 2. The molecule has 3 rings (SSSR count). The second-order valence-electron chi connectivity index (χ2n) is 4.94. The van der Waals surface area contributed by atoms with Gasteiger partial charge in [-0.15, -0.1) is 0 Å². The molecule has 0 spiro atoms. The number of pyridine rings is 1. The number of carboxylic acid groups (broad SMARTS) is 1. The zero-order valence-electron chi connectivity index (χ0n) is 11.5. The van der Waals surface area contributed by atoms with Crippen molar-refractivity contribution in [3.05, 3.63) is 82.0 Å². The van der Waals surface area contributed by atoms with Gasteiger partial charge in [0.15, 0.2) is 0 Å². The Hall–Kier alpha value is -2.95. The molecule has 3 aromatic rings. The van der Waals surface area contributed by atoms with Crippen LogP contribution in [0.25, 0.3) is 10.8 Å². The first-order chi connectivity index (χ1) is 10.6. The van der Waals surface area contributed by atoms with Crippen molar-refractivity contribution >= 4 is 16.7 Å². The first-order valence-corrected chi connectivity index (χ1v) is 6.66. The summed E-state index contributed by atoms with van der Waals surface area (Å²) in [6.07, 6.45) is 1.54. The molecule has 0 aliphatic rings.